The summed E-state index contributed by atoms with van der Waals surface area (Å²) in [7, 11) is 1.55. The third-order valence-electron chi connectivity index (χ3n) is 3.46. The standard InChI is InChI=1S/C14H19F2NO2/c1-9-3-4-10(7-9)17-12-8-11(18-2)5-6-13(12)19-14(15)16/h5-6,8-10,14,17H,3-4,7H2,1-2H3. The maximum absolute atomic E-state index is 12.4. The molecular weight excluding hydrogens is 252 g/mol. The first kappa shape index (κ1) is 13.9. The minimum Gasteiger partial charge on any atom is -0.497 e. The average Bonchev–Trinajstić information content (AvgIpc) is 2.76. The molecule has 1 aliphatic rings. The van der Waals surface area contributed by atoms with Crippen LogP contribution < -0.4 is 14.8 Å². The van der Waals surface area contributed by atoms with Crippen molar-refractivity contribution in [1.82, 2.24) is 0 Å². The minimum absolute atomic E-state index is 0.162. The molecule has 2 atom stereocenters. The van der Waals surface area contributed by atoms with E-state index in [0.717, 1.165) is 19.3 Å². The van der Waals surface area contributed by atoms with E-state index in [1.165, 1.54) is 6.07 Å². The second kappa shape index (κ2) is 6.08. The lowest BCUT2D eigenvalue weighted by molar-refractivity contribution is -0.0494. The highest BCUT2D eigenvalue weighted by molar-refractivity contribution is 5.60. The molecule has 2 unspecified atom stereocenters. The fourth-order valence-corrected chi connectivity index (χ4v) is 2.51. The summed E-state index contributed by atoms with van der Waals surface area (Å²) in [5.74, 6) is 1.45. The zero-order valence-electron chi connectivity index (χ0n) is 11.2. The van der Waals surface area contributed by atoms with Gasteiger partial charge in [-0.05, 0) is 37.3 Å². The summed E-state index contributed by atoms with van der Waals surface area (Å²) in [4.78, 5) is 0. The number of alkyl halides is 2. The minimum atomic E-state index is -2.82. The van der Waals surface area contributed by atoms with E-state index in [1.54, 1.807) is 19.2 Å². The summed E-state index contributed by atoms with van der Waals surface area (Å²) < 4.78 is 34.4. The van der Waals surface area contributed by atoms with Crippen molar-refractivity contribution in [3.05, 3.63) is 18.2 Å². The molecule has 3 nitrogen and oxygen atoms in total. The van der Waals surface area contributed by atoms with Crippen LogP contribution in [-0.4, -0.2) is 19.8 Å². The van der Waals surface area contributed by atoms with E-state index in [0.29, 0.717) is 23.4 Å². The number of benzene rings is 1. The molecule has 0 aromatic heterocycles. The van der Waals surface area contributed by atoms with E-state index in [4.69, 9.17) is 4.74 Å². The first-order chi connectivity index (χ1) is 9.08. The normalized spacial score (nSPS) is 22.6. The maximum atomic E-state index is 12.4. The van der Waals surface area contributed by atoms with Gasteiger partial charge in [-0.25, -0.2) is 0 Å². The Hall–Kier alpha value is -1.52. The van der Waals surface area contributed by atoms with E-state index in [1.807, 2.05) is 0 Å². The SMILES string of the molecule is COc1ccc(OC(F)F)c(NC2CCC(C)C2)c1. The van der Waals surface area contributed by atoms with Crippen molar-refractivity contribution in [2.45, 2.75) is 38.8 Å². The summed E-state index contributed by atoms with van der Waals surface area (Å²) in [6.07, 6.45) is 3.25. The molecule has 2 rings (SSSR count). The lowest BCUT2D eigenvalue weighted by atomic mass is 10.1. The molecule has 0 bridgehead atoms. The molecule has 19 heavy (non-hydrogen) atoms. The largest absolute Gasteiger partial charge is 0.497 e. The average molecular weight is 271 g/mol. The van der Waals surface area contributed by atoms with E-state index in [-0.39, 0.29) is 5.75 Å². The van der Waals surface area contributed by atoms with Gasteiger partial charge in [-0.3, -0.25) is 0 Å². The zero-order valence-corrected chi connectivity index (χ0v) is 11.2. The Labute approximate surface area is 111 Å². The van der Waals surface area contributed by atoms with Gasteiger partial charge in [0.15, 0.2) is 0 Å². The summed E-state index contributed by atoms with van der Waals surface area (Å²) in [5.41, 5.74) is 0.568. The Morgan fingerprint density at radius 2 is 2.11 bits per heavy atom. The lowest BCUT2D eigenvalue weighted by Crippen LogP contribution is -2.16. The van der Waals surface area contributed by atoms with Crippen molar-refractivity contribution in [2.24, 2.45) is 5.92 Å². The van der Waals surface area contributed by atoms with Gasteiger partial charge in [0.25, 0.3) is 0 Å². The van der Waals surface area contributed by atoms with Crippen LogP contribution in [0.5, 0.6) is 11.5 Å². The second-order valence-corrected chi connectivity index (χ2v) is 5.00. The Morgan fingerprint density at radius 1 is 1.32 bits per heavy atom. The highest BCUT2D eigenvalue weighted by atomic mass is 19.3. The van der Waals surface area contributed by atoms with Crippen molar-refractivity contribution >= 4 is 5.69 Å². The fraction of sp³-hybridized carbons (Fsp3) is 0.571. The molecule has 1 aliphatic carbocycles. The van der Waals surface area contributed by atoms with E-state index >= 15 is 0 Å². The van der Waals surface area contributed by atoms with Crippen molar-refractivity contribution in [1.29, 1.82) is 0 Å². The topological polar surface area (TPSA) is 30.5 Å². The predicted molar refractivity (Wildman–Crippen MR) is 70.1 cm³/mol. The van der Waals surface area contributed by atoms with Crippen LogP contribution >= 0.6 is 0 Å². The molecule has 0 aliphatic heterocycles. The fourth-order valence-electron chi connectivity index (χ4n) is 2.51. The molecule has 0 saturated heterocycles. The Balaban J connectivity index is 2.14. The van der Waals surface area contributed by atoms with E-state index in [2.05, 4.69) is 17.0 Å². The number of nitrogens with one attached hydrogen (secondary N) is 1. The Bertz CT molecular complexity index is 426. The second-order valence-electron chi connectivity index (χ2n) is 5.00. The van der Waals surface area contributed by atoms with Gasteiger partial charge in [0.05, 0.1) is 12.8 Å². The number of rotatable bonds is 5. The van der Waals surface area contributed by atoms with Gasteiger partial charge >= 0.3 is 6.61 Å². The van der Waals surface area contributed by atoms with Crippen LogP contribution in [0, 0.1) is 5.92 Å². The smallest absolute Gasteiger partial charge is 0.387 e. The van der Waals surface area contributed by atoms with Crippen LogP contribution in [0.4, 0.5) is 14.5 Å². The number of hydrogen-bond acceptors (Lipinski definition) is 3. The van der Waals surface area contributed by atoms with Crippen molar-refractivity contribution in [3.8, 4) is 11.5 Å². The van der Waals surface area contributed by atoms with Crippen molar-refractivity contribution in [2.75, 3.05) is 12.4 Å². The van der Waals surface area contributed by atoms with Gasteiger partial charge < -0.3 is 14.8 Å². The molecule has 1 aromatic rings. The summed E-state index contributed by atoms with van der Waals surface area (Å²) in [6.45, 7) is -0.624. The van der Waals surface area contributed by atoms with Crippen LogP contribution in [0.1, 0.15) is 26.2 Å². The Kier molecular flexibility index (Phi) is 4.45. The third kappa shape index (κ3) is 3.72. The van der Waals surface area contributed by atoms with Gasteiger partial charge in [0.1, 0.15) is 11.5 Å². The Morgan fingerprint density at radius 3 is 2.68 bits per heavy atom. The predicted octanol–water partition coefficient (Wildman–Crippen LogP) is 3.90. The molecule has 0 radical (unpaired) electrons. The number of methoxy groups -OCH3 is 1. The molecule has 1 aromatic carbocycles. The number of halogens is 2. The summed E-state index contributed by atoms with van der Waals surface area (Å²) >= 11 is 0. The monoisotopic (exact) mass is 271 g/mol. The van der Waals surface area contributed by atoms with Gasteiger partial charge in [0, 0.05) is 12.1 Å². The van der Waals surface area contributed by atoms with E-state index in [9.17, 15) is 8.78 Å². The van der Waals surface area contributed by atoms with E-state index < -0.39 is 6.61 Å². The van der Waals surface area contributed by atoms with Gasteiger partial charge in [-0.2, -0.15) is 8.78 Å². The molecule has 0 amide bonds. The highest BCUT2D eigenvalue weighted by Gasteiger charge is 2.22. The molecule has 1 N–H and O–H groups in total. The maximum Gasteiger partial charge on any atom is 0.387 e. The van der Waals surface area contributed by atoms with Crippen LogP contribution in [0.15, 0.2) is 18.2 Å². The van der Waals surface area contributed by atoms with Gasteiger partial charge in [-0.15, -0.1) is 0 Å². The van der Waals surface area contributed by atoms with Crippen LogP contribution in [0.3, 0.4) is 0 Å². The number of hydrogen-bond donors (Lipinski definition) is 1. The molecule has 5 heteroatoms. The molecule has 1 saturated carbocycles. The number of anilines is 1. The zero-order chi connectivity index (χ0) is 13.8. The molecule has 106 valence electrons. The molecule has 0 spiro atoms. The highest BCUT2D eigenvalue weighted by Crippen LogP contribution is 2.34. The summed E-state index contributed by atoms with van der Waals surface area (Å²) in [5, 5.41) is 3.28. The number of ether oxygens (including phenoxy) is 2. The van der Waals surface area contributed by atoms with Crippen LogP contribution in [0.2, 0.25) is 0 Å². The lowest BCUT2D eigenvalue weighted by Gasteiger charge is -2.18. The first-order valence-electron chi connectivity index (χ1n) is 6.48. The van der Waals surface area contributed by atoms with Gasteiger partial charge in [-0.1, -0.05) is 6.92 Å². The van der Waals surface area contributed by atoms with Crippen LogP contribution in [-0.2, 0) is 0 Å². The summed E-state index contributed by atoms with van der Waals surface area (Å²) in [6, 6.07) is 5.12. The van der Waals surface area contributed by atoms with Gasteiger partial charge in [0.2, 0.25) is 0 Å². The quantitative estimate of drug-likeness (QED) is 0.881. The van der Waals surface area contributed by atoms with Crippen molar-refractivity contribution in [3.63, 3.8) is 0 Å². The van der Waals surface area contributed by atoms with Crippen LogP contribution in [0.25, 0.3) is 0 Å². The molecule has 1 fully saturated rings. The van der Waals surface area contributed by atoms with Crippen molar-refractivity contribution < 1.29 is 18.3 Å². The third-order valence-corrected chi connectivity index (χ3v) is 3.46. The first-order valence-corrected chi connectivity index (χ1v) is 6.48. The molecule has 0 heterocycles. The molecular formula is C14H19F2NO2.